The van der Waals surface area contributed by atoms with Gasteiger partial charge in [-0.25, -0.2) is 9.59 Å². The van der Waals surface area contributed by atoms with E-state index in [4.69, 9.17) is 4.74 Å². The molecule has 1 aliphatic heterocycles. The maximum Gasteiger partial charge on any atom is 0.416 e. The first kappa shape index (κ1) is 21.6. The van der Waals surface area contributed by atoms with Gasteiger partial charge in [-0.3, -0.25) is 0 Å². The third kappa shape index (κ3) is 5.42. The highest BCUT2D eigenvalue weighted by atomic mass is 79.9. The number of alkyl halides is 2. The number of aromatic carboxylic acids is 1. The van der Waals surface area contributed by atoms with Gasteiger partial charge in [0.25, 0.3) is 0 Å². The molecule has 8 nitrogen and oxygen atoms in total. The first-order valence-electron chi connectivity index (χ1n) is 7.80. The van der Waals surface area contributed by atoms with Crippen LogP contribution in [0.2, 0.25) is 0 Å². The Labute approximate surface area is 166 Å². The summed E-state index contributed by atoms with van der Waals surface area (Å²) in [6.07, 6.45) is -4.40. The summed E-state index contributed by atoms with van der Waals surface area (Å²) in [5, 5.41) is 21.3. The maximum atomic E-state index is 14.0. The van der Waals surface area contributed by atoms with Crippen molar-refractivity contribution < 1.29 is 38.1 Å². The third-order valence-corrected chi connectivity index (χ3v) is 5.10. The summed E-state index contributed by atoms with van der Waals surface area (Å²) in [7, 11) is 0. The topological polar surface area (TPSA) is 108 Å². The van der Waals surface area contributed by atoms with E-state index in [1.807, 2.05) is 0 Å². The van der Waals surface area contributed by atoms with E-state index >= 15 is 0 Å². The SMILES string of the molecule is CC(C)(C)OC(=O)NC(CO)CN1CC(F)(F)Oc2c(Br)sc(C(=O)O)c21. The third-order valence-electron chi connectivity index (χ3n) is 3.32. The van der Waals surface area contributed by atoms with Crippen molar-refractivity contribution in [1.82, 2.24) is 5.32 Å². The maximum absolute atomic E-state index is 14.0. The minimum absolute atomic E-state index is 0.0326. The zero-order valence-corrected chi connectivity index (χ0v) is 17.1. The number of fused-ring (bicyclic) bond motifs is 1. The molecule has 27 heavy (non-hydrogen) atoms. The van der Waals surface area contributed by atoms with Crippen LogP contribution in [0.3, 0.4) is 0 Å². The Morgan fingerprint density at radius 1 is 1.48 bits per heavy atom. The van der Waals surface area contributed by atoms with Crippen LogP contribution < -0.4 is 15.0 Å². The van der Waals surface area contributed by atoms with Gasteiger partial charge >= 0.3 is 18.2 Å². The van der Waals surface area contributed by atoms with Crippen molar-refractivity contribution in [3.8, 4) is 5.75 Å². The molecule has 0 aliphatic carbocycles. The fourth-order valence-corrected chi connectivity index (χ4v) is 4.00. The molecule has 1 aliphatic rings. The van der Waals surface area contributed by atoms with E-state index in [9.17, 15) is 28.6 Å². The van der Waals surface area contributed by atoms with Gasteiger partial charge < -0.3 is 29.9 Å². The largest absolute Gasteiger partial charge is 0.477 e. The molecular formula is C15H19BrF2N2O6S. The van der Waals surface area contributed by atoms with Crippen LogP contribution in [0.15, 0.2) is 3.79 Å². The molecule has 0 saturated carbocycles. The molecule has 0 saturated heterocycles. The van der Waals surface area contributed by atoms with Gasteiger partial charge in [0.15, 0.2) is 5.75 Å². The Morgan fingerprint density at radius 2 is 2.11 bits per heavy atom. The molecular weight excluding hydrogens is 454 g/mol. The van der Waals surface area contributed by atoms with E-state index in [0.717, 1.165) is 16.2 Å². The Balaban J connectivity index is 2.27. The van der Waals surface area contributed by atoms with Gasteiger partial charge in [-0.05, 0) is 36.7 Å². The molecule has 152 valence electrons. The molecule has 2 rings (SSSR count). The number of carboxylic acids is 1. The van der Waals surface area contributed by atoms with Crippen LogP contribution in [0.1, 0.15) is 30.4 Å². The molecule has 1 unspecified atom stereocenters. The average Bonchev–Trinajstić information content (AvgIpc) is 2.80. The van der Waals surface area contributed by atoms with E-state index in [1.165, 1.54) is 0 Å². The summed E-state index contributed by atoms with van der Waals surface area (Å²) in [5.74, 6) is -1.59. The molecule has 0 aromatic carbocycles. The number of rotatable bonds is 5. The monoisotopic (exact) mass is 472 g/mol. The van der Waals surface area contributed by atoms with Crippen molar-refractivity contribution in [3.05, 3.63) is 8.66 Å². The van der Waals surface area contributed by atoms with E-state index in [1.54, 1.807) is 20.8 Å². The Bertz CT molecular complexity index is 737. The van der Waals surface area contributed by atoms with Gasteiger partial charge in [0, 0.05) is 6.54 Å². The molecule has 0 bridgehead atoms. The number of hydrogen-bond donors (Lipinski definition) is 3. The van der Waals surface area contributed by atoms with Crippen LogP contribution in [0, 0.1) is 0 Å². The van der Waals surface area contributed by atoms with Crippen LogP contribution in [0.4, 0.5) is 19.3 Å². The minimum atomic E-state index is -3.57. The number of aliphatic hydroxyl groups excluding tert-OH is 1. The van der Waals surface area contributed by atoms with Crippen molar-refractivity contribution in [2.45, 2.75) is 38.5 Å². The molecule has 2 heterocycles. The lowest BCUT2D eigenvalue weighted by Crippen LogP contribution is -2.52. The van der Waals surface area contributed by atoms with Gasteiger partial charge in [0.1, 0.15) is 26.5 Å². The summed E-state index contributed by atoms with van der Waals surface area (Å²) < 4.78 is 37.7. The summed E-state index contributed by atoms with van der Waals surface area (Å²) >= 11 is 3.78. The Hall–Kier alpha value is -1.66. The molecule has 0 spiro atoms. The average molecular weight is 473 g/mol. The predicted octanol–water partition coefficient (Wildman–Crippen LogP) is 2.89. The number of nitrogens with one attached hydrogen (secondary N) is 1. The minimum Gasteiger partial charge on any atom is -0.477 e. The fourth-order valence-electron chi connectivity index (χ4n) is 2.43. The standard InChI is InChI=1S/C15H19BrF2N2O6S/c1-14(2,3)26-13(24)19-7(5-21)4-20-6-15(17,18)25-9-8(20)10(12(22)23)27-11(9)16/h7,21H,4-6H2,1-3H3,(H,19,24)(H,22,23). The van der Waals surface area contributed by atoms with Gasteiger partial charge in [0.2, 0.25) is 0 Å². The van der Waals surface area contributed by atoms with Crippen molar-refractivity contribution in [2.24, 2.45) is 0 Å². The molecule has 1 atom stereocenters. The van der Waals surface area contributed by atoms with Crippen LogP contribution >= 0.6 is 27.3 Å². The lowest BCUT2D eigenvalue weighted by Gasteiger charge is -2.36. The number of nitrogens with zero attached hydrogens (tertiary/aromatic N) is 1. The van der Waals surface area contributed by atoms with E-state index < -0.39 is 43.0 Å². The molecule has 3 N–H and O–H groups in total. The fraction of sp³-hybridized carbons (Fsp3) is 0.600. The number of halogens is 3. The molecule has 12 heteroatoms. The first-order valence-corrected chi connectivity index (χ1v) is 9.41. The number of ether oxygens (including phenoxy) is 2. The normalized spacial score (nSPS) is 16.9. The number of amides is 1. The summed E-state index contributed by atoms with van der Waals surface area (Å²) in [6.45, 7) is 3.18. The number of anilines is 1. The summed E-state index contributed by atoms with van der Waals surface area (Å²) in [6, 6.07) is -0.970. The second-order valence-electron chi connectivity index (χ2n) is 6.83. The van der Waals surface area contributed by atoms with Crippen LogP contribution in [-0.4, -0.2) is 59.7 Å². The van der Waals surface area contributed by atoms with Gasteiger partial charge in [-0.15, -0.1) is 11.3 Å². The predicted molar refractivity (Wildman–Crippen MR) is 97.0 cm³/mol. The molecule has 0 radical (unpaired) electrons. The van der Waals surface area contributed by atoms with Crippen molar-refractivity contribution in [1.29, 1.82) is 0 Å². The first-order chi connectivity index (χ1) is 12.3. The second-order valence-corrected chi connectivity index (χ2v) is 9.17. The van der Waals surface area contributed by atoms with Crippen LogP contribution in [0.25, 0.3) is 0 Å². The highest BCUT2D eigenvalue weighted by molar-refractivity contribution is 9.11. The number of thiophene rings is 1. The summed E-state index contributed by atoms with van der Waals surface area (Å²) in [5.41, 5.74) is -0.812. The van der Waals surface area contributed by atoms with Crippen molar-refractivity contribution in [3.63, 3.8) is 0 Å². The summed E-state index contributed by atoms with van der Waals surface area (Å²) in [4.78, 5) is 24.2. The Morgan fingerprint density at radius 3 is 2.63 bits per heavy atom. The van der Waals surface area contributed by atoms with Crippen LogP contribution in [0.5, 0.6) is 5.75 Å². The smallest absolute Gasteiger partial charge is 0.416 e. The van der Waals surface area contributed by atoms with E-state index in [2.05, 4.69) is 26.0 Å². The Kier molecular flexibility index (Phi) is 6.22. The molecule has 1 amide bonds. The van der Waals surface area contributed by atoms with Gasteiger partial charge in [0.05, 0.1) is 12.6 Å². The van der Waals surface area contributed by atoms with Crippen molar-refractivity contribution in [2.75, 3.05) is 24.6 Å². The number of carbonyl (C=O) groups excluding carboxylic acids is 1. The van der Waals surface area contributed by atoms with E-state index in [-0.39, 0.29) is 26.6 Å². The molecule has 1 aromatic heterocycles. The zero-order chi connectivity index (χ0) is 20.6. The molecule has 1 aromatic rings. The van der Waals surface area contributed by atoms with E-state index in [0.29, 0.717) is 0 Å². The van der Waals surface area contributed by atoms with Crippen LogP contribution in [-0.2, 0) is 4.74 Å². The van der Waals surface area contributed by atoms with Gasteiger partial charge in [-0.2, -0.15) is 8.78 Å². The highest BCUT2D eigenvalue weighted by Crippen LogP contribution is 2.50. The lowest BCUT2D eigenvalue weighted by molar-refractivity contribution is -0.172. The number of aliphatic hydroxyl groups is 1. The van der Waals surface area contributed by atoms with Gasteiger partial charge in [-0.1, -0.05) is 0 Å². The lowest BCUT2D eigenvalue weighted by atomic mass is 10.2. The second kappa shape index (κ2) is 7.76. The zero-order valence-electron chi connectivity index (χ0n) is 14.7. The number of carboxylic acid groups (broad SMARTS) is 1. The quantitative estimate of drug-likeness (QED) is 0.604. The number of carbonyl (C=O) groups is 2. The number of hydrogen-bond acceptors (Lipinski definition) is 7. The highest BCUT2D eigenvalue weighted by Gasteiger charge is 2.45. The number of alkyl carbamates (subject to hydrolysis) is 1. The van der Waals surface area contributed by atoms with Crippen molar-refractivity contribution >= 4 is 45.0 Å². The molecule has 0 fully saturated rings.